The third-order valence-electron chi connectivity index (χ3n) is 6.01. The monoisotopic (exact) mass is 642 g/mol. The van der Waals surface area contributed by atoms with Crippen molar-refractivity contribution < 1.29 is 29.1 Å². The summed E-state index contributed by atoms with van der Waals surface area (Å²) in [4.78, 5) is 40.0. The van der Waals surface area contributed by atoms with E-state index in [0.717, 1.165) is 22.3 Å². The lowest BCUT2D eigenvalue weighted by Gasteiger charge is -2.28. The van der Waals surface area contributed by atoms with Crippen molar-refractivity contribution in [3.8, 4) is 11.1 Å². The molecule has 10 nitrogen and oxygen atoms in total. The van der Waals surface area contributed by atoms with Gasteiger partial charge in [0.1, 0.15) is 11.5 Å². The van der Waals surface area contributed by atoms with Crippen LogP contribution in [0.1, 0.15) is 83.0 Å². The maximum atomic E-state index is 14.0. The van der Waals surface area contributed by atoms with Crippen LogP contribution < -0.4 is 10.6 Å². The van der Waals surface area contributed by atoms with Crippen LogP contribution in [0, 0.1) is 0 Å². The van der Waals surface area contributed by atoms with E-state index in [2.05, 4.69) is 57.2 Å². The molecule has 3 aromatic rings. The Labute approximate surface area is 257 Å². The fourth-order valence-electron chi connectivity index (χ4n) is 4.43. The standard InChI is InChI=1S/C29H38Cl2N4O2.H3O4P/c1-17(2)33-24-13-20(22(31)14-32-24)21-15-35(29(6,7)8)26(25(21)28(3,4)5)27(37)34-23(16-36)18-10-9-11-19(30)12-18;1-5(2,3)4/h9-15,17,23,36H,16H2,1-8H3,(H,32,33)(H,34,37);(H3,1,2,3,4)/t23-;/m1./s1. The van der Waals surface area contributed by atoms with E-state index in [9.17, 15) is 9.90 Å². The maximum Gasteiger partial charge on any atom is 0.466 e. The summed E-state index contributed by atoms with van der Waals surface area (Å²) in [5.74, 6) is 0.431. The molecular formula is C29H41Cl2N4O6P. The molecule has 0 unspecified atom stereocenters. The summed E-state index contributed by atoms with van der Waals surface area (Å²) in [5.41, 5.74) is 2.99. The van der Waals surface area contributed by atoms with Crippen LogP contribution in [-0.4, -0.2) is 47.9 Å². The van der Waals surface area contributed by atoms with Gasteiger partial charge in [-0.1, -0.05) is 56.1 Å². The number of anilines is 1. The summed E-state index contributed by atoms with van der Waals surface area (Å²) < 4.78 is 10.9. The first kappa shape index (κ1) is 35.8. The second kappa shape index (κ2) is 13.9. The normalized spacial score (nSPS) is 12.9. The third kappa shape index (κ3) is 10.1. The van der Waals surface area contributed by atoms with Gasteiger partial charge in [-0.05, 0) is 69.4 Å². The first-order chi connectivity index (χ1) is 19.1. The molecule has 0 spiro atoms. The Morgan fingerprint density at radius 3 is 2.12 bits per heavy atom. The summed E-state index contributed by atoms with van der Waals surface area (Å²) in [6, 6.07) is 8.68. The molecule has 0 saturated heterocycles. The Kier molecular flexibility index (Phi) is 11.8. The number of carbonyl (C=O) groups excluding carboxylic acids is 1. The number of carbonyl (C=O) groups is 1. The average Bonchev–Trinajstić information content (AvgIpc) is 3.24. The van der Waals surface area contributed by atoms with Crippen molar-refractivity contribution in [2.24, 2.45) is 0 Å². The lowest BCUT2D eigenvalue weighted by Crippen LogP contribution is -2.36. The van der Waals surface area contributed by atoms with E-state index in [4.69, 9.17) is 42.4 Å². The van der Waals surface area contributed by atoms with E-state index in [1.807, 2.05) is 36.7 Å². The van der Waals surface area contributed by atoms with Gasteiger partial charge in [0.05, 0.1) is 17.7 Å². The zero-order chi connectivity index (χ0) is 32.2. The number of phosphoric acid groups is 1. The number of rotatable bonds is 7. The number of benzene rings is 1. The van der Waals surface area contributed by atoms with E-state index in [-0.39, 0.29) is 18.6 Å². The Bertz CT molecular complexity index is 1430. The highest BCUT2D eigenvalue weighted by Crippen LogP contribution is 2.42. The molecule has 0 radical (unpaired) electrons. The molecule has 0 saturated carbocycles. The fraction of sp³-hybridized carbons (Fsp3) is 0.448. The summed E-state index contributed by atoms with van der Waals surface area (Å²) >= 11 is 12.9. The molecule has 1 aromatic carbocycles. The van der Waals surface area contributed by atoms with Gasteiger partial charge in [-0.25, -0.2) is 9.55 Å². The van der Waals surface area contributed by atoms with Crippen LogP contribution in [0.25, 0.3) is 11.1 Å². The van der Waals surface area contributed by atoms with Gasteiger partial charge in [-0.2, -0.15) is 0 Å². The van der Waals surface area contributed by atoms with Crippen LogP contribution in [-0.2, 0) is 15.5 Å². The minimum atomic E-state index is -4.64. The smallest absolute Gasteiger partial charge is 0.394 e. The number of hydrogen-bond donors (Lipinski definition) is 6. The highest BCUT2D eigenvalue weighted by atomic mass is 35.5. The number of hydrogen-bond acceptors (Lipinski definition) is 5. The molecule has 0 bridgehead atoms. The second-order valence-electron chi connectivity index (χ2n) is 12.2. The fourth-order valence-corrected chi connectivity index (χ4v) is 4.83. The van der Waals surface area contributed by atoms with Gasteiger partial charge in [0.25, 0.3) is 5.91 Å². The van der Waals surface area contributed by atoms with Crippen LogP contribution in [0.2, 0.25) is 10.0 Å². The van der Waals surface area contributed by atoms with Gasteiger partial charge in [-0.3, -0.25) is 4.79 Å². The minimum absolute atomic E-state index is 0.200. The summed E-state index contributed by atoms with van der Waals surface area (Å²) in [6.07, 6.45) is 3.65. The van der Waals surface area contributed by atoms with Crippen molar-refractivity contribution in [2.45, 2.75) is 78.4 Å². The van der Waals surface area contributed by atoms with Gasteiger partial charge in [-0.15, -0.1) is 0 Å². The number of halogens is 2. The van der Waals surface area contributed by atoms with Crippen molar-refractivity contribution in [1.82, 2.24) is 14.9 Å². The molecule has 3 rings (SSSR count). The van der Waals surface area contributed by atoms with Crippen molar-refractivity contribution in [3.05, 3.63) is 69.6 Å². The van der Waals surface area contributed by atoms with Gasteiger partial charge in [0.2, 0.25) is 0 Å². The number of aliphatic hydroxyl groups is 1. The van der Waals surface area contributed by atoms with Crippen molar-refractivity contribution in [1.29, 1.82) is 0 Å². The Morgan fingerprint density at radius 1 is 1.05 bits per heavy atom. The van der Waals surface area contributed by atoms with Crippen molar-refractivity contribution in [2.75, 3.05) is 11.9 Å². The number of nitrogens with one attached hydrogen (secondary N) is 2. The summed E-state index contributed by atoms with van der Waals surface area (Å²) in [7, 11) is -4.64. The molecule has 42 heavy (non-hydrogen) atoms. The predicted molar refractivity (Wildman–Crippen MR) is 168 cm³/mol. The van der Waals surface area contributed by atoms with Crippen molar-refractivity contribution >= 4 is 42.7 Å². The zero-order valence-electron chi connectivity index (χ0n) is 25.1. The summed E-state index contributed by atoms with van der Waals surface area (Å²) in [6.45, 7) is 16.2. The number of amides is 1. The van der Waals surface area contributed by atoms with E-state index in [1.54, 1.807) is 24.4 Å². The zero-order valence-corrected chi connectivity index (χ0v) is 27.5. The van der Waals surface area contributed by atoms with Crippen LogP contribution in [0.5, 0.6) is 0 Å². The number of aliphatic hydroxyl groups excluding tert-OH is 1. The molecule has 1 amide bonds. The first-order valence-electron chi connectivity index (χ1n) is 13.3. The Morgan fingerprint density at radius 2 is 1.64 bits per heavy atom. The molecule has 232 valence electrons. The Balaban J connectivity index is 0.00000113. The molecule has 13 heteroatoms. The van der Waals surface area contributed by atoms with E-state index >= 15 is 0 Å². The largest absolute Gasteiger partial charge is 0.466 e. The van der Waals surface area contributed by atoms with Gasteiger partial charge < -0.3 is 35.0 Å². The minimum Gasteiger partial charge on any atom is -0.394 e. The van der Waals surface area contributed by atoms with Crippen LogP contribution in [0.15, 0.2) is 42.7 Å². The van der Waals surface area contributed by atoms with E-state index < -0.39 is 24.8 Å². The second-order valence-corrected chi connectivity index (χ2v) is 14.1. The highest BCUT2D eigenvalue weighted by Gasteiger charge is 2.35. The molecule has 0 fully saturated rings. The summed E-state index contributed by atoms with van der Waals surface area (Å²) in [5, 5.41) is 17.6. The molecule has 6 N–H and O–H groups in total. The number of aromatic nitrogens is 2. The molecule has 0 aliphatic rings. The lowest BCUT2D eigenvalue weighted by molar-refractivity contribution is 0.0898. The third-order valence-corrected chi connectivity index (χ3v) is 6.55. The topological polar surface area (TPSA) is 157 Å². The van der Waals surface area contributed by atoms with Crippen molar-refractivity contribution in [3.63, 3.8) is 0 Å². The first-order valence-corrected chi connectivity index (χ1v) is 15.6. The van der Waals surface area contributed by atoms with E-state index in [1.165, 1.54) is 0 Å². The van der Waals surface area contributed by atoms with Crippen LogP contribution in [0.4, 0.5) is 5.82 Å². The molecule has 2 heterocycles. The number of nitrogens with zero attached hydrogens (tertiary/aromatic N) is 2. The van der Waals surface area contributed by atoms with Gasteiger partial charge in [0.15, 0.2) is 0 Å². The highest BCUT2D eigenvalue weighted by molar-refractivity contribution is 7.45. The lowest BCUT2D eigenvalue weighted by atomic mass is 9.82. The maximum absolute atomic E-state index is 14.0. The van der Waals surface area contributed by atoms with Gasteiger partial charge in [0, 0.05) is 40.1 Å². The average molecular weight is 644 g/mol. The van der Waals surface area contributed by atoms with Gasteiger partial charge >= 0.3 is 7.82 Å². The molecule has 1 atom stereocenters. The molecule has 0 aliphatic carbocycles. The predicted octanol–water partition coefficient (Wildman–Crippen LogP) is 6.26. The van der Waals surface area contributed by atoms with Crippen LogP contribution in [0.3, 0.4) is 0 Å². The Hall–Kier alpha value is -2.43. The molecule has 2 aromatic heterocycles. The SMILES string of the molecule is CC(C)Nc1cc(-c2cn(C(C)(C)C)c(C(=O)N[C@H](CO)c3cccc(Cl)c3)c2C(C)(C)C)c(Cl)cn1.O=P(O)(O)O. The van der Waals surface area contributed by atoms with Crippen LogP contribution >= 0.6 is 31.0 Å². The molecular weight excluding hydrogens is 602 g/mol. The van der Waals surface area contributed by atoms with E-state index in [0.29, 0.717) is 21.6 Å². The quantitative estimate of drug-likeness (QED) is 0.165. The number of pyridine rings is 1. The molecule has 0 aliphatic heterocycles.